The van der Waals surface area contributed by atoms with Crippen molar-refractivity contribution in [3.8, 4) is 28.7 Å². The summed E-state index contributed by atoms with van der Waals surface area (Å²) in [5, 5.41) is 10.6. The van der Waals surface area contributed by atoms with Crippen LogP contribution in [0.3, 0.4) is 0 Å². The lowest BCUT2D eigenvalue weighted by atomic mass is 10.1. The van der Waals surface area contributed by atoms with Crippen molar-refractivity contribution in [1.29, 1.82) is 0 Å². The van der Waals surface area contributed by atoms with Crippen molar-refractivity contribution in [1.82, 2.24) is 10.2 Å². The van der Waals surface area contributed by atoms with Gasteiger partial charge in [0.1, 0.15) is 0 Å². The Hall–Kier alpha value is -3.72. The van der Waals surface area contributed by atoms with Gasteiger partial charge in [0.2, 0.25) is 17.5 Å². The Bertz CT molecular complexity index is 1280. The number of carbonyl (C=O) groups excluding carboxylic acids is 1. The lowest BCUT2D eigenvalue weighted by Gasteiger charge is -2.22. The van der Waals surface area contributed by atoms with Crippen LogP contribution in [0.1, 0.15) is 6.92 Å². The Morgan fingerprint density at radius 1 is 0.971 bits per heavy atom. The monoisotopic (exact) mass is 479 g/mol. The van der Waals surface area contributed by atoms with Crippen molar-refractivity contribution in [2.24, 2.45) is 0 Å². The summed E-state index contributed by atoms with van der Waals surface area (Å²) < 4.78 is 21.9. The van der Waals surface area contributed by atoms with Crippen molar-refractivity contribution in [3.05, 3.63) is 54.6 Å². The molecule has 4 aromatic rings. The van der Waals surface area contributed by atoms with Gasteiger partial charge >= 0.3 is 0 Å². The molecule has 3 aromatic carbocycles. The first-order valence-electron chi connectivity index (χ1n) is 10.6. The third kappa shape index (κ3) is 4.65. The van der Waals surface area contributed by atoms with E-state index in [1.54, 1.807) is 17.0 Å². The van der Waals surface area contributed by atoms with Crippen molar-refractivity contribution >= 4 is 34.1 Å². The largest absolute Gasteiger partial charge is 0.493 e. The Balaban J connectivity index is 1.51. The van der Waals surface area contributed by atoms with E-state index in [-0.39, 0.29) is 17.6 Å². The zero-order valence-corrected chi connectivity index (χ0v) is 20.2. The highest BCUT2D eigenvalue weighted by molar-refractivity contribution is 7.99. The maximum absolute atomic E-state index is 13.1. The number of hydrogen-bond donors (Lipinski definition) is 0. The number of rotatable bonds is 9. The molecule has 1 heterocycles. The number of ether oxygens (including phenoxy) is 3. The molecular weight excluding hydrogens is 454 g/mol. The van der Waals surface area contributed by atoms with Crippen molar-refractivity contribution in [2.45, 2.75) is 12.1 Å². The van der Waals surface area contributed by atoms with Gasteiger partial charge in [0.05, 0.1) is 32.8 Å². The van der Waals surface area contributed by atoms with E-state index >= 15 is 0 Å². The van der Waals surface area contributed by atoms with E-state index in [1.165, 1.54) is 33.1 Å². The maximum Gasteiger partial charge on any atom is 0.277 e. The summed E-state index contributed by atoms with van der Waals surface area (Å²) in [5.74, 6) is 1.84. The first kappa shape index (κ1) is 23.4. The first-order chi connectivity index (χ1) is 16.6. The van der Waals surface area contributed by atoms with Gasteiger partial charge in [-0.15, -0.1) is 10.2 Å². The van der Waals surface area contributed by atoms with Crippen molar-refractivity contribution < 1.29 is 23.4 Å². The fourth-order valence-electron chi connectivity index (χ4n) is 3.72. The fraction of sp³-hybridized carbons (Fsp3) is 0.240. The molecule has 0 aliphatic carbocycles. The van der Waals surface area contributed by atoms with Gasteiger partial charge in [0, 0.05) is 17.5 Å². The van der Waals surface area contributed by atoms with E-state index in [9.17, 15) is 4.79 Å². The van der Waals surface area contributed by atoms with Gasteiger partial charge in [-0.1, -0.05) is 48.2 Å². The molecule has 9 heteroatoms. The van der Waals surface area contributed by atoms with Gasteiger partial charge in [-0.05, 0) is 30.5 Å². The highest BCUT2D eigenvalue weighted by Crippen LogP contribution is 2.41. The highest BCUT2D eigenvalue weighted by atomic mass is 32.2. The average Bonchev–Trinajstić information content (AvgIpc) is 3.36. The lowest BCUT2D eigenvalue weighted by Crippen LogP contribution is -2.32. The standard InChI is InChI=1S/C25H25N3O5S/c1-5-28(19-12-8-10-16-9-6-7-11-18(16)19)22(29)15-34-25-27-26-24(33-25)17-13-20(30-2)23(32-4)21(14-17)31-3/h6-14H,5,15H2,1-4H3. The van der Waals surface area contributed by atoms with Gasteiger partial charge in [-0.25, -0.2) is 0 Å². The van der Waals surface area contributed by atoms with Gasteiger partial charge in [0.15, 0.2) is 11.5 Å². The van der Waals surface area contributed by atoms with E-state index in [1.807, 2.05) is 49.4 Å². The molecule has 0 bridgehead atoms. The van der Waals surface area contributed by atoms with Gasteiger partial charge < -0.3 is 23.5 Å². The second-order valence-corrected chi connectivity index (χ2v) is 8.14. The van der Waals surface area contributed by atoms with Crippen LogP contribution in [-0.2, 0) is 4.79 Å². The van der Waals surface area contributed by atoms with E-state index in [4.69, 9.17) is 18.6 Å². The molecule has 0 saturated heterocycles. The Kier molecular flexibility index (Phi) is 7.22. The van der Waals surface area contributed by atoms with E-state index in [0.717, 1.165) is 16.5 Å². The molecule has 0 radical (unpaired) electrons. The highest BCUT2D eigenvalue weighted by Gasteiger charge is 2.20. The molecule has 0 unspecified atom stereocenters. The van der Waals surface area contributed by atoms with Crippen LogP contribution in [0, 0.1) is 0 Å². The lowest BCUT2D eigenvalue weighted by molar-refractivity contribution is -0.116. The zero-order chi connectivity index (χ0) is 24.1. The molecule has 8 nitrogen and oxygen atoms in total. The Morgan fingerprint density at radius 3 is 2.35 bits per heavy atom. The van der Waals surface area contributed by atoms with Crippen LogP contribution in [0.2, 0.25) is 0 Å². The molecule has 0 N–H and O–H groups in total. The number of carbonyl (C=O) groups is 1. The van der Waals surface area contributed by atoms with Crippen LogP contribution in [-0.4, -0.2) is 49.7 Å². The Labute approximate surface area is 201 Å². The summed E-state index contributed by atoms with van der Waals surface area (Å²) >= 11 is 1.20. The molecule has 0 atom stereocenters. The molecule has 1 amide bonds. The minimum atomic E-state index is -0.0450. The number of hydrogen-bond acceptors (Lipinski definition) is 8. The van der Waals surface area contributed by atoms with Crippen LogP contribution in [0.25, 0.3) is 22.2 Å². The molecule has 1 aromatic heterocycles. The first-order valence-corrected chi connectivity index (χ1v) is 11.6. The molecule has 4 rings (SSSR count). The van der Waals surface area contributed by atoms with Crippen LogP contribution < -0.4 is 19.1 Å². The smallest absolute Gasteiger partial charge is 0.277 e. The molecule has 176 valence electrons. The normalized spacial score (nSPS) is 10.8. The van der Waals surface area contributed by atoms with Crippen LogP contribution in [0.15, 0.2) is 64.2 Å². The third-order valence-electron chi connectivity index (χ3n) is 5.31. The average molecular weight is 480 g/mol. The molecular formula is C25H25N3O5S. The molecule has 0 aliphatic heterocycles. The van der Waals surface area contributed by atoms with E-state index < -0.39 is 0 Å². The van der Waals surface area contributed by atoms with Gasteiger partial charge in [-0.2, -0.15) is 0 Å². The minimum absolute atomic E-state index is 0.0450. The zero-order valence-electron chi connectivity index (χ0n) is 19.4. The number of aromatic nitrogens is 2. The number of benzene rings is 3. The van der Waals surface area contributed by atoms with Crippen LogP contribution in [0.5, 0.6) is 17.2 Å². The van der Waals surface area contributed by atoms with E-state index in [0.29, 0.717) is 34.6 Å². The second kappa shape index (κ2) is 10.5. The topological polar surface area (TPSA) is 86.9 Å². The van der Waals surface area contributed by atoms with Gasteiger partial charge in [-0.3, -0.25) is 4.79 Å². The quantitative estimate of drug-likeness (QED) is 0.308. The van der Waals surface area contributed by atoms with Crippen molar-refractivity contribution in [2.75, 3.05) is 38.5 Å². The molecule has 0 aliphatic rings. The summed E-state index contributed by atoms with van der Waals surface area (Å²) in [4.78, 5) is 14.8. The number of methoxy groups -OCH3 is 3. The number of thioether (sulfide) groups is 1. The summed E-state index contributed by atoms with van der Waals surface area (Å²) in [5.41, 5.74) is 1.50. The summed E-state index contributed by atoms with van der Waals surface area (Å²) in [6.07, 6.45) is 0. The van der Waals surface area contributed by atoms with Crippen LogP contribution in [0.4, 0.5) is 5.69 Å². The predicted molar refractivity (Wildman–Crippen MR) is 132 cm³/mol. The maximum atomic E-state index is 13.1. The molecule has 0 spiro atoms. The predicted octanol–water partition coefficient (Wildman–Crippen LogP) is 5.06. The summed E-state index contributed by atoms with van der Waals surface area (Å²) in [7, 11) is 4.62. The summed E-state index contributed by atoms with van der Waals surface area (Å²) in [6, 6.07) is 17.4. The number of nitrogens with zero attached hydrogens (tertiary/aromatic N) is 3. The number of anilines is 1. The fourth-order valence-corrected chi connectivity index (χ4v) is 4.35. The minimum Gasteiger partial charge on any atom is -0.493 e. The second-order valence-electron chi connectivity index (χ2n) is 7.21. The molecule has 34 heavy (non-hydrogen) atoms. The number of fused-ring (bicyclic) bond motifs is 1. The van der Waals surface area contributed by atoms with Gasteiger partial charge in [0.25, 0.3) is 5.22 Å². The van der Waals surface area contributed by atoms with Crippen molar-refractivity contribution in [3.63, 3.8) is 0 Å². The SMILES string of the molecule is CCN(C(=O)CSc1nnc(-c2cc(OC)c(OC)c(OC)c2)o1)c1cccc2ccccc12. The summed E-state index contributed by atoms with van der Waals surface area (Å²) in [6.45, 7) is 2.51. The Morgan fingerprint density at radius 2 is 1.68 bits per heavy atom. The van der Waals surface area contributed by atoms with E-state index in [2.05, 4.69) is 10.2 Å². The number of amides is 1. The molecule has 0 saturated carbocycles. The third-order valence-corrected chi connectivity index (χ3v) is 6.12. The van der Waals surface area contributed by atoms with Crippen LogP contribution >= 0.6 is 11.8 Å². The molecule has 0 fully saturated rings.